The van der Waals surface area contributed by atoms with E-state index in [1.807, 2.05) is 6.92 Å². The van der Waals surface area contributed by atoms with Crippen molar-refractivity contribution in [2.75, 3.05) is 18.9 Å². The minimum Gasteiger partial charge on any atom is -0.455 e. The Bertz CT molecular complexity index is 1020. The Balaban J connectivity index is 1.72. The first-order chi connectivity index (χ1) is 14.4. The summed E-state index contributed by atoms with van der Waals surface area (Å²) in [6.07, 6.45) is 5.32. The van der Waals surface area contributed by atoms with Crippen LogP contribution < -0.4 is 15.8 Å². The molecule has 30 heavy (non-hydrogen) atoms. The maximum Gasteiger partial charge on any atom is 0.329 e. The van der Waals surface area contributed by atoms with Crippen molar-refractivity contribution in [3.63, 3.8) is 0 Å². The lowest BCUT2D eigenvalue weighted by atomic mass is 10.1. The fourth-order valence-electron chi connectivity index (χ4n) is 3.02. The van der Waals surface area contributed by atoms with Crippen LogP contribution in [-0.4, -0.2) is 46.6 Å². The molecule has 1 atom stereocenters. The number of carbonyl (C=O) groups excluding carboxylic acids is 2. The molecule has 3 amide bonds. The van der Waals surface area contributed by atoms with Gasteiger partial charge in [-0.25, -0.2) is 9.78 Å². The van der Waals surface area contributed by atoms with Gasteiger partial charge >= 0.3 is 6.03 Å². The summed E-state index contributed by atoms with van der Waals surface area (Å²) >= 11 is 0. The Labute approximate surface area is 174 Å². The molecule has 1 fully saturated rings. The van der Waals surface area contributed by atoms with Crippen LogP contribution in [0.2, 0.25) is 0 Å². The lowest BCUT2D eigenvalue weighted by Gasteiger charge is -2.15. The van der Waals surface area contributed by atoms with Gasteiger partial charge in [-0.15, -0.1) is 0 Å². The van der Waals surface area contributed by atoms with E-state index in [1.54, 1.807) is 50.6 Å². The van der Waals surface area contributed by atoms with Crippen LogP contribution in [-0.2, 0) is 4.79 Å². The number of hydrogen-bond acceptors (Lipinski definition) is 7. The zero-order valence-electron chi connectivity index (χ0n) is 17.1. The molecule has 3 rings (SSSR count). The van der Waals surface area contributed by atoms with Crippen LogP contribution in [0, 0.1) is 12.8 Å². The number of pyridine rings is 2. The minimum absolute atomic E-state index is 0.135. The number of urea groups is 1. The van der Waals surface area contributed by atoms with Crippen LogP contribution in [0.4, 0.5) is 10.6 Å². The number of aryl methyl sites for hydroxylation is 1. The maximum absolute atomic E-state index is 12.3. The van der Waals surface area contributed by atoms with Gasteiger partial charge in [0.1, 0.15) is 17.3 Å². The van der Waals surface area contributed by atoms with E-state index in [0.29, 0.717) is 47.2 Å². The number of ether oxygens (including phenoxy) is 1. The zero-order chi connectivity index (χ0) is 21.7. The predicted octanol–water partition coefficient (Wildman–Crippen LogP) is 2.98. The first-order valence-corrected chi connectivity index (χ1v) is 9.51. The number of allylic oxidation sites excluding steroid dienone is 1. The van der Waals surface area contributed by atoms with Crippen LogP contribution in [0.3, 0.4) is 0 Å². The van der Waals surface area contributed by atoms with Crippen molar-refractivity contribution in [2.24, 2.45) is 16.6 Å². The molecule has 0 bridgehead atoms. The van der Waals surface area contributed by atoms with Crippen molar-refractivity contribution in [1.82, 2.24) is 14.9 Å². The number of nitrogens with two attached hydrogens (primary N) is 1. The smallest absolute Gasteiger partial charge is 0.329 e. The Morgan fingerprint density at radius 2 is 2.20 bits per heavy atom. The standard InChI is InChI=1S/C21H24N6O3/c1-13-7-9-27(20(13)28)21(29)26-19-5-4-18(14(2)25-19)30-16-6-8-24-17(10-16)15(11-22)12-23-3/h4-6,8,10-13H,7,9,22H2,1-3H3,(H,25,26,29). The lowest BCUT2D eigenvalue weighted by molar-refractivity contribution is -0.127. The van der Waals surface area contributed by atoms with Gasteiger partial charge in [0.2, 0.25) is 5.91 Å². The van der Waals surface area contributed by atoms with E-state index in [9.17, 15) is 9.59 Å². The molecule has 0 spiro atoms. The van der Waals surface area contributed by atoms with Crippen LogP contribution in [0.5, 0.6) is 11.5 Å². The number of anilines is 1. The number of hydrogen-bond donors (Lipinski definition) is 2. The topological polar surface area (TPSA) is 123 Å². The quantitative estimate of drug-likeness (QED) is 0.733. The molecule has 1 aliphatic rings. The van der Waals surface area contributed by atoms with Gasteiger partial charge in [0.25, 0.3) is 0 Å². The molecule has 156 valence electrons. The van der Waals surface area contributed by atoms with Gasteiger partial charge in [0.05, 0.1) is 11.4 Å². The second-order valence-electron chi connectivity index (χ2n) is 6.88. The summed E-state index contributed by atoms with van der Waals surface area (Å²) in [7, 11) is 1.65. The Morgan fingerprint density at radius 1 is 1.40 bits per heavy atom. The molecule has 0 aromatic carbocycles. The zero-order valence-corrected chi connectivity index (χ0v) is 17.1. The molecule has 3 N–H and O–H groups in total. The van der Waals surface area contributed by atoms with Gasteiger partial charge in [0, 0.05) is 49.8 Å². The number of aromatic nitrogens is 2. The van der Waals surface area contributed by atoms with Crippen molar-refractivity contribution in [2.45, 2.75) is 20.3 Å². The summed E-state index contributed by atoms with van der Waals surface area (Å²) in [5, 5.41) is 2.67. The SMILES string of the molecule is CN=CC(=CN)c1cc(Oc2ccc(NC(=O)N3CCC(C)C3=O)nc2C)ccn1. The molecular weight excluding hydrogens is 384 g/mol. The van der Waals surface area contributed by atoms with Gasteiger partial charge in [-0.1, -0.05) is 6.92 Å². The minimum atomic E-state index is -0.470. The van der Waals surface area contributed by atoms with Crippen molar-refractivity contribution in [3.8, 4) is 11.5 Å². The fourth-order valence-corrected chi connectivity index (χ4v) is 3.02. The van der Waals surface area contributed by atoms with Gasteiger partial charge in [0.15, 0.2) is 0 Å². The van der Waals surface area contributed by atoms with E-state index in [0.717, 1.165) is 0 Å². The Hall–Kier alpha value is -3.75. The summed E-state index contributed by atoms with van der Waals surface area (Å²) in [5.74, 6) is 1.13. The monoisotopic (exact) mass is 408 g/mol. The number of imide groups is 1. The highest BCUT2D eigenvalue weighted by molar-refractivity contribution is 6.08. The van der Waals surface area contributed by atoms with Crippen molar-refractivity contribution < 1.29 is 14.3 Å². The van der Waals surface area contributed by atoms with Gasteiger partial charge in [-0.05, 0) is 31.5 Å². The first kappa shape index (κ1) is 21.0. The molecule has 0 saturated carbocycles. The highest BCUT2D eigenvalue weighted by Gasteiger charge is 2.32. The Kier molecular flexibility index (Phi) is 6.41. The third-order valence-corrected chi connectivity index (χ3v) is 4.69. The summed E-state index contributed by atoms with van der Waals surface area (Å²) in [6.45, 7) is 4.00. The number of amides is 3. The lowest BCUT2D eigenvalue weighted by Crippen LogP contribution is -2.37. The molecule has 9 nitrogen and oxygen atoms in total. The van der Waals surface area contributed by atoms with Crippen LogP contribution >= 0.6 is 0 Å². The van der Waals surface area contributed by atoms with Crippen molar-refractivity contribution in [1.29, 1.82) is 0 Å². The maximum atomic E-state index is 12.3. The number of nitrogens with one attached hydrogen (secondary N) is 1. The predicted molar refractivity (Wildman–Crippen MR) is 114 cm³/mol. The molecule has 9 heteroatoms. The van der Waals surface area contributed by atoms with Crippen molar-refractivity contribution >= 4 is 29.5 Å². The van der Waals surface area contributed by atoms with Gasteiger partial charge in [-0.3, -0.25) is 25.0 Å². The molecule has 0 aliphatic carbocycles. The van der Waals surface area contributed by atoms with Crippen LogP contribution in [0.15, 0.2) is 41.7 Å². The largest absolute Gasteiger partial charge is 0.455 e. The summed E-state index contributed by atoms with van der Waals surface area (Å²) in [6, 6.07) is 6.33. The van der Waals surface area contributed by atoms with Gasteiger partial charge < -0.3 is 10.5 Å². The van der Waals surface area contributed by atoms with E-state index in [4.69, 9.17) is 10.5 Å². The van der Waals surface area contributed by atoms with Crippen LogP contribution in [0.1, 0.15) is 24.7 Å². The fraction of sp³-hybridized carbons (Fsp3) is 0.286. The summed E-state index contributed by atoms with van der Waals surface area (Å²) in [4.78, 5) is 38.1. The second-order valence-corrected chi connectivity index (χ2v) is 6.88. The molecule has 0 radical (unpaired) electrons. The average Bonchev–Trinajstić information content (AvgIpc) is 3.07. The number of aliphatic imine (C=N–C) groups is 1. The van der Waals surface area contributed by atoms with E-state index in [-0.39, 0.29) is 11.8 Å². The van der Waals surface area contributed by atoms with E-state index >= 15 is 0 Å². The first-order valence-electron chi connectivity index (χ1n) is 9.51. The number of carbonyl (C=O) groups is 2. The molecule has 3 heterocycles. The number of nitrogens with zero attached hydrogens (tertiary/aromatic N) is 4. The number of rotatable bonds is 5. The van der Waals surface area contributed by atoms with E-state index < -0.39 is 6.03 Å². The summed E-state index contributed by atoms with van der Waals surface area (Å²) in [5.41, 5.74) is 7.51. The van der Waals surface area contributed by atoms with Crippen molar-refractivity contribution in [3.05, 3.63) is 48.1 Å². The molecule has 2 aromatic rings. The average molecular weight is 408 g/mol. The molecular formula is C21H24N6O3. The second kappa shape index (κ2) is 9.17. The van der Waals surface area contributed by atoms with E-state index in [1.165, 1.54) is 11.1 Å². The molecule has 1 unspecified atom stereocenters. The van der Waals surface area contributed by atoms with Gasteiger partial charge in [-0.2, -0.15) is 0 Å². The summed E-state index contributed by atoms with van der Waals surface area (Å²) < 4.78 is 5.92. The Morgan fingerprint density at radius 3 is 2.83 bits per heavy atom. The molecule has 2 aromatic heterocycles. The highest BCUT2D eigenvalue weighted by Crippen LogP contribution is 2.27. The van der Waals surface area contributed by atoms with Crippen LogP contribution in [0.25, 0.3) is 5.57 Å². The molecule has 1 aliphatic heterocycles. The molecule has 1 saturated heterocycles. The number of likely N-dealkylation sites (tertiary alicyclic amines) is 1. The third kappa shape index (κ3) is 4.62. The third-order valence-electron chi connectivity index (χ3n) is 4.69. The van der Waals surface area contributed by atoms with E-state index in [2.05, 4.69) is 20.3 Å². The normalized spacial score (nSPS) is 16.9. The highest BCUT2D eigenvalue weighted by atomic mass is 16.5.